The molecular weight excluding hydrogens is 506 g/mol. The van der Waals surface area contributed by atoms with Crippen molar-refractivity contribution in [3.63, 3.8) is 0 Å². The number of hydrazone groups is 1. The van der Waals surface area contributed by atoms with E-state index in [1.165, 1.54) is 30.3 Å². The number of aryl methyl sites for hydroxylation is 2. The molecule has 0 fully saturated rings. The third kappa shape index (κ3) is 6.53. The lowest BCUT2D eigenvalue weighted by molar-refractivity contribution is -0.116. The van der Waals surface area contributed by atoms with Crippen molar-refractivity contribution >= 4 is 39.8 Å². The van der Waals surface area contributed by atoms with Crippen molar-refractivity contribution in [1.82, 2.24) is 5.43 Å². The van der Waals surface area contributed by atoms with Gasteiger partial charge in [0.25, 0.3) is 5.91 Å². The van der Waals surface area contributed by atoms with E-state index in [2.05, 4.69) is 15.8 Å². The molecule has 4 aromatic rings. The van der Waals surface area contributed by atoms with Crippen molar-refractivity contribution in [3.8, 4) is 11.5 Å². The van der Waals surface area contributed by atoms with Gasteiger partial charge in [-0.05, 0) is 85.5 Å². The van der Waals surface area contributed by atoms with Gasteiger partial charge in [-0.15, -0.1) is 0 Å². The molecular formula is C32H31N3O5. The molecule has 4 rings (SSSR count). The van der Waals surface area contributed by atoms with E-state index in [-0.39, 0.29) is 41.6 Å². The number of carbonyl (C=O) groups is 3. The van der Waals surface area contributed by atoms with E-state index in [1.807, 2.05) is 44.2 Å². The molecule has 4 aromatic carbocycles. The fraction of sp³-hybridized carbons (Fsp3) is 0.188. The van der Waals surface area contributed by atoms with Gasteiger partial charge in [0.15, 0.2) is 5.78 Å². The standard InChI is InChI=1S/C32H31N3O5/c1-19-8-9-20(2)27(18-19)33-29(38)17-15-26(21(3)31(39)23-10-13-24(36)14-11-23)34-35-32(40)30-25-7-5-4-6-22(25)12-16-28(30)37/h4-14,16,18,21,36-37H,15,17H2,1-3H3,(H,33,38)(H,35,40)/b34-26+/t21-/m0/s1. The molecule has 0 aliphatic carbocycles. The van der Waals surface area contributed by atoms with Crippen LogP contribution in [0.1, 0.15) is 51.6 Å². The number of nitrogens with zero attached hydrogens (tertiary/aromatic N) is 1. The highest BCUT2D eigenvalue weighted by Gasteiger charge is 2.23. The van der Waals surface area contributed by atoms with Gasteiger partial charge in [-0.3, -0.25) is 14.4 Å². The summed E-state index contributed by atoms with van der Waals surface area (Å²) in [6.45, 7) is 5.49. The van der Waals surface area contributed by atoms with E-state index < -0.39 is 11.8 Å². The summed E-state index contributed by atoms with van der Waals surface area (Å²) in [5.41, 5.74) is 5.83. The molecule has 40 heavy (non-hydrogen) atoms. The third-order valence-corrected chi connectivity index (χ3v) is 6.76. The number of anilines is 1. The van der Waals surface area contributed by atoms with Crippen LogP contribution in [0.3, 0.4) is 0 Å². The van der Waals surface area contributed by atoms with Crippen LogP contribution in [0.4, 0.5) is 5.69 Å². The minimum atomic E-state index is -0.778. The Morgan fingerprint density at radius 1 is 0.875 bits per heavy atom. The maximum atomic E-state index is 13.2. The lowest BCUT2D eigenvalue weighted by atomic mass is 9.92. The summed E-state index contributed by atoms with van der Waals surface area (Å²) < 4.78 is 0. The topological polar surface area (TPSA) is 128 Å². The van der Waals surface area contributed by atoms with Crippen LogP contribution in [0, 0.1) is 19.8 Å². The average Bonchev–Trinajstić information content (AvgIpc) is 2.94. The van der Waals surface area contributed by atoms with E-state index >= 15 is 0 Å². The minimum Gasteiger partial charge on any atom is -0.508 e. The third-order valence-electron chi connectivity index (χ3n) is 6.76. The molecule has 0 bridgehead atoms. The zero-order chi connectivity index (χ0) is 28.8. The number of ketones is 1. The molecule has 8 nitrogen and oxygen atoms in total. The molecule has 0 spiro atoms. The Balaban J connectivity index is 1.58. The number of phenols is 2. The summed E-state index contributed by atoms with van der Waals surface area (Å²) in [6, 6.07) is 21.9. The molecule has 8 heteroatoms. The molecule has 0 unspecified atom stereocenters. The number of nitrogens with one attached hydrogen (secondary N) is 2. The van der Waals surface area contributed by atoms with Crippen molar-refractivity contribution in [2.45, 2.75) is 33.6 Å². The number of phenolic OH excluding ortho intramolecular Hbond substituents is 2. The van der Waals surface area contributed by atoms with E-state index in [9.17, 15) is 24.6 Å². The Morgan fingerprint density at radius 2 is 1.60 bits per heavy atom. The summed E-state index contributed by atoms with van der Waals surface area (Å²) in [5, 5.41) is 28.5. The Hall–Kier alpha value is -4.98. The predicted molar refractivity (Wildman–Crippen MR) is 156 cm³/mol. The quantitative estimate of drug-likeness (QED) is 0.120. The molecule has 0 aromatic heterocycles. The summed E-state index contributed by atoms with van der Waals surface area (Å²) in [4.78, 5) is 39.2. The Morgan fingerprint density at radius 3 is 2.35 bits per heavy atom. The number of Topliss-reactive ketones (excluding diaryl/α,β-unsaturated/α-hetero) is 1. The van der Waals surface area contributed by atoms with E-state index in [1.54, 1.807) is 25.1 Å². The number of hydrogen-bond donors (Lipinski definition) is 4. The van der Waals surface area contributed by atoms with Crippen molar-refractivity contribution in [2.24, 2.45) is 11.0 Å². The summed E-state index contributed by atoms with van der Waals surface area (Å²) in [5.74, 6) is -2.13. The van der Waals surface area contributed by atoms with Crippen LogP contribution in [0.5, 0.6) is 11.5 Å². The predicted octanol–water partition coefficient (Wildman–Crippen LogP) is 5.89. The molecule has 0 radical (unpaired) electrons. The summed E-state index contributed by atoms with van der Waals surface area (Å²) in [7, 11) is 0. The highest BCUT2D eigenvalue weighted by atomic mass is 16.3. The first-order valence-electron chi connectivity index (χ1n) is 12.9. The highest BCUT2D eigenvalue weighted by molar-refractivity contribution is 6.14. The number of carbonyl (C=O) groups excluding carboxylic acids is 3. The number of fused-ring (bicyclic) bond motifs is 1. The molecule has 204 valence electrons. The van der Waals surface area contributed by atoms with Crippen LogP contribution < -0.4 is 10.7 Å². The van der Waals surface area contributed by atoms with Gasteiger partial charge in [-0.25, -0.2) is 5.43 Å². The Bertz CT molecular complexity index is 1610. The highest BCUT2D eigenvalue weighted by Crippen LogP contribution is 2.27. The van der Waals surface area contributed by atoms with Gasteiger partial charge in [0.2, 0.25) is 5.91 Å². The second kappa shape index (κ2) is 12.3. The first-order chi connectivity index (χ1) is 19.1. The fourth-order valence-electron chi connectivity index (χ4n) is 4.40. The first kappa shape index (κ1) is 28.0. The van der Waals surface area contributed by atoms with Crippen LogP contribution >= 0.6 is 0 Å². The van der Waals surface area contributed by atoms with Crippen LogP contribution in [0.15, 0.2) is 84.0 Å². The van der Waals surface area contributed by atoms with E-state index in [4.69, 9.17) is 0 Å². The van der Waals surface area contributed by atoms with Crippen molar-refractivity contribution < 1.29 is 24.6 Å². The first-order valence-corrected chi connectivity index (χ1v) is 12.9. The van der Waals surface area contributed by atoms with E-state index in [0.717, 1.165) is 16.5 Å². The number of benzene rings is 4. The van der Waals surface area contributed by atoms with Crippen molar-refractivity contribution in [3.05, 3.63) is 101 Å². The molecule has 0 aliphatic rings. The lowest BCUT2D eigenvalue weighted by Crippen LogP contribution is -2.28. The van der Waals surface area contributed by atoms with Gasteiger partial charge in [-0.2, -0.15) is 5.10 Å². The number of amides is 2. The second-order valence-electron chi connectivity index (χ2n) is 9.72. The molecule has 0 saturated heterocycles. The molecule has 0 aliphatic heterocycles. The van der Waals surface area contributed by atoms with Gasteiger partial charge in [0.05, 0.1) is 11.5 Å². The van der Waals surface area contributed by atoms with Crippen LogP contribution in [-0.2, 0) is 4.79 Å². The van der Waals surface area contributed by atoms with Gasteiger partial charge < -0.3 is 15.5 Å². The zero-order valence-electron chi connectivity index (χ0n) is 22.6. The summed E-state index contributed by atoms with van der Waals surface area (Å²) in [6.07, 6.45) is 0.123. The normalized spacial score (nSPS) is 12.1. The molecule has 1 atom stereocenters. The number of rotatable bonds is 9. The fourth-order valence-corrected chi connectivity index (χ4v) is 4.40. The Kier molecular flexibility index (Phi) is 8.59. The van der Waals surface area contributed by atoms with Gasteiger partial charge in [0, 0.05) is 23.4 Å². The van der Waals surface area contributed by atoms with Crippen LogP contribution in [0.25, 0.3) is 10.8 Å². The number of hydrogen-bond acceptors (Lipinski definition) is 6. The van der Waals surface area contributed by atoms with Crippen LogP contribution in [0.2, 0.25) is 0 Å². The zero-order valence-corrected chi connectivity index (χ0v) is 22.6. The van der Waals surface area contributed by atoms with E-state index in [0.29, 0.717) is 22.3 Å². The maximum Gasteiger partial charge on any atom is 0.275 e. The molecule has 4 N–H and O–H groups in total. The largest absolute Gasteiger partial charge is 0.508 e. The van der Waals surface area contributed by atoms with Gasteiger partial charge in [0.1, 0.15) is 11.5 Å². The van der Waals surface area contributed by atoms with Gasteiger partial charge in [-0.1, -0.05) is 42.5 Å². The number of aromatic hydroxyl groups is 2. The Labute approximate surface area is 232 Å². The summed E-state index contributed by atoms with van der Waals surface area (Å²) >= 11 is 0. The SMILES string of the molecule is Cc1ccc(C)c(NC(=O)CC/C(=N\NC(=O)c2c(O)ccc3ccccc23)[C@H](C)C(=O)c2ccc(O)cc2)c1. The lowest BCUT2D eigenvalue weighted by Gasteiger charge is -2.16. The van der Waals surface area contributed by atoms with Gasteiger partial charge >= 0.3 is 0 Å². The van der Waals surface area contributed by atoms with Crippen molar-refractivity contribution in [1.29, 1.82) is 0 Å². The average molecular weight is 538 g/mol. The minimum absolute atomic E-state index is 0.0226. The van der Waals surface area contributed by atoms with Crippen molar-refractivity contribution in [2.75, 3.05) is 5.32 Å². The molecule has 2 amide bonds. The molecule has 0 heterocycles. The van der Waals surface area contributed by atoms with Crippen LogP contribution in [-0.4, -0.2) is 33.5 Å². The second-order valence-corrected chi connectivity index (χ2v) is 9.72. The smallest absolute Gasteiger partial charge is 0.275 e. The monoisotopic (exact) mass is 537 g/mol. The molecule has 0 saturated carbocycles. The maximum absolute atomic E-state index is 13.2.